The maximum absolute atomic E-state index is 5.81. The van der Waals surface area contributed by atoms with Crippen LogP contribution in [-0.4, -0.2) is 12.1 Å². The zero-order valence-corrected chi connectivity index (χ0v) is 12.0. The maximum atomic E-state index is 5.81. The number of rotatable bonds is 6. The summed E-state index contributed by atoms with van der Waals surface area (Å²) in [5.74, 6) is 0.968. The first-order chi connectivity index (χ1) is 8.38. The van der Waals surface area contributed by atoms with Crippen molar-refractivity contribution in [3.63, 3.8) is 0 Å². The molecular weight excluding hydrogens is 222 g/mol. The van der Waals surface area contributed by atoms with Crippen molar-refractivity contribution in [3.05, 3.63) is 42.0 Å². The molecule has 1 aromatic rings. The van der Waals surface area contributed by atoms with Crippen molar-refractivity contribution in [2.45, 2.75) is 46.2 Å². The number of hydrogen-bond acceptors (Lipinski definition) is 2. The van der Waals surface area contributed by atoms with Crippen molar-refractivity contribution in [1.82, 2.24) is 5.32 Å². The number of nitrogens with one attached hydrogen (secondary N) is 1. The van der Waals surface area contributed by atoms with Crippen molar-refractivity contribution in [2.24, 2.45) is 0 Å². The zero-order valence-electron chi connectivity index (χ0n) is 12.0. The number of benzene rings is 1. The van der Waals surface area contributed by atoms with Gasteiger partial charge in [0.25, 0.3) is 0 Å². The molecule has 0 bridgehead atoms. The van der Waals surface area contributed by atoms with Crippen LogP contribution in [0.2, 0.25) is 0 Å². The van der Waals surface area contributed by atoms with Crippen molar-refractivity contribution < 1.29 is 4.74 Å². The summed E-state index contributed by atoms with van der Waals surface area (Å²) in [6.45, 7) is 13.9. The molecule has 1 rings (SSSR count). The average molecular weight is 247 g/mol. The molecule has 100 valence electrons. The van der Waals surface area contributed by atoms with Gasteiger partial charge in [-0.1, -0.05) is 23.8 Å². The first-order valence-corrected chi connectivity index (χ1v) is 6.48. The van der Waals surface area contributed by atoms with Gasteiger partial charge in [-0.15, -0.1) is 6.58 Å². The highest BCUT2D eigenvalue weighted by atomic mass is 16.5. The van der Waals surface area contributed by atoms with Crippen LogP contribution in [0.25, 0.3) is 0 Å². The molecule has 0 aromatic heterocycles. The molecule has 0 amide bonds. The first kappa shape index (κ1) is 14.8. The lowest BCUT2D eigenvalue weighted by atomic mass is 10.1. The summed E-state index contributed by atoms with van der Waals surface area (Å²) in [7, 11) is 0. The highest BCUT2D eigenvalue weighted by Gasteiger charge is 2.10. The molecule has 0 spiro atoms. The molecule has 18 heavy (non-hydrogen) atoms. The maximum Gasteiger partial charge on any atom is 0.123 e. The van der Waals surface area contributed by atoms with Gasteiger partial charge in [0.1, 0.15) is 5.75 Å². The minimum Gasteiger partial charge on any atom is -0.493 e. The van der Waals surface area contributed by atoms with E-state index in [0.29, 0.717) is 6.61 Å². The van der Waals surface area contributed by atoms with E-state index in [1.807, 2.05) is 25.1 Å². The summed E-state index contributed by atoms with van der Waals surface area (Å²) >= 11 is 0. The number of para-hydroxylation sites is 1. The Labute approximate surface area is 111 Å². The fourth-order valence-corrected chi connectivity index (χ4v) is 1.49. The Morgan fingerprint density at radius 3 is 2.56 bits per heavy atom. The second kappa shape index (κ2) is 6.60. The predicted molar refractivity (Wildman–Crippen MR) is 78.0 cm³/mol. The van der Waals surface area contributed by atoms with Crippen LogP contribution < -0.4 is 10.1 Å². The van der Waals surface area contributed by atoms with E-state index in [-0.39, 0.29) is 5.54 Å². The van der Waals surface area contributed by atoms with Gasteiger partial charge in [0.05, 0.1) is 6.61 Å². The van der Waals surface area contributed by atoms with Gasteiger partial charge in [-0.2, -0.15) is 0 Å². The third kappa shape index (κ3) is 5.87. The molecule has 0 radical (unpaired) electrons. The minimum absolute atomic E-state index is 0.116. The SMILES string of the molecule is C=C(C)CCOc1ccccc1CNC(C)(C)C. The number of ether oxygens (including phenoxy) is 1. The fourth-order valence-electron chi connectivity index (χ4n) is 1.49. The molecule has 1 N–H and O–H groups in total. The third-order valence-corrected chi connectivity index (χ3v) is 2.57. The molecule has 0 fully saturated rings. The molecule has 2 nitrogen and oxygen atoms in total. The van der Waals surface area contributed by atoms with Crippen LogP contribution in [0.4, 0.5) is 0 Å². The van der Waals surface area contributed by atoms with Gasteiger partial charge in [-0.25, -0.2) is 0 Å². The summed E-state index contributed by atoms with van der Waals surface area (Å²) in [4.78, 5) is 0. The van der Waals surface area contributed by atoms with Gasteiger partial charge in [0.15, 0.2) is 0 Å². The average Bonchev–Trinajstić information content (AvgIpc) is 2.26. The highest BCUT2D eigenvalue weighted by Crippen LogP contribution is 2.19. The van der Waals surface area contributed by atoms with Gasteiger partial charge in [-0.05, 0) is 33.8 Å². The lowest BCUT2D eigenvalue weighted by Gasteiger charge is -2.21. The Bertz CT molecular complexity index is 390. The molecule has 1 aromatic carbocycles. The zero-order chi connectivity index (χ0) is 13.6. The normalized spacial score (nSPS) is 11.3. The summed E-state index contributed by atoms with van der Waals surface area (Å²) < 4.78 is 5.81. The Morgan fingerprint density at radius 1 is 1.28 bits per heavy atom. The summed E-state index contributed by atoms with van der Waals surface area (Å²) in [6.07, 6.45) is 0.904. The minimum atomic E-state index is 0.116. The standard InChI is InChI=1S/C16H25NO/c1-13(2)10-11-18-15-9-7-6-8-14(15)12-17-16(3,4)5/h6-9,17H,1,10-12H2,2-5H3. The van der Waals surface area contributed by atoms with Crippen LogP contribution in [-0.2, 0) is 6.54 Å². The Hall–Kier alpha value is -1.28. The van der Waals surface area contributed by atoms with Crippen LogP contribution in [0, 0.1) is 0 Å². The van der Waals surface area contributed by atoms with E-state index in [9.17, 15) is 0 Å². The monoisotopic (exact) mass is 247 g/mol. The van der Waals surface area contributed by atoms with E-state index in [4.69, 9.17) is 4.74 Å². The van der Waals surface area contributed by atoms with Crippen molar-refractivity contribution in [2.75, 3.05) is 6.61 Å². The molecule has 0 heterocycles. The Morgan fingerprint density at radius 2 is 1.94 bits per heavy atom. The molecular formula is C16H25NO. The van der Waals surface area contributed by atoms with Gasteiger partial charge < -0.3 is 10.1 Å². The molecule has 0 atom stereocenters. The molecule has 0 saturated carbocycles. The van der Waals surface area contributed by atoms with E-state index in [1.54, 1.807) is 0 Å². The van der Waals surface area contributed by atoms with Gasteiger partial charge in [0, 0.05) is 24.1 Å². The lowest BCUT2D eigenvalue weighted by Crippen LogP contribution is -2.35. The van der Waals surface area contributed by atoms with Crippen molar-refractivity contribution in [3.8, 4) is 5.75 Å². The molecule has 0 aliphatic heterocycles. The lowest BCUT2D eigenvalue weighted by molar-refractivity contribution is 0.315. The second-order valence-corrected chi connectivity index (χ2v) is 5.77. The summed E-state index contributed by atoms with van der Waals surface area (Å²) in [5.41, 5.74) is 2.47. The van der Waals surface area contributed by atoms with Crippen LogP contribution in [0.1, 0.15) is 39.7 Å². The van der Waals surface area contributed by atoms with E-state index in [2.05, 4.69) is 38.7 Å². The summed E-state index contributed by atoms with van der Waals surface area (Å²) in [5, 5.41) is 3.48. The predicted octanol–water partition coefficient (Wildman–Crippen LogP) is 3.92. The fraction of sp³-hybridized carbons (Fsp3) is 0.500. The quantitative estimate of drug-likeness (QED) is 0.769. The van der Waals surface area contributed by atoms with Gasteiger partial charge in [0.2, 0.25) is 0 Å². The summed E-state index contributed by atoms with van der Waals surface area (Å²) in [6, 6.07) is 8.19. The molecule has 0 unspecified atom stereocenters. The van der Waals surface area contributed by atoms with Crippen LogP contribution in [0.5, 0.6) is 5.75 Å². The first-order valence-electron chi connectivity index (χ1n) is 6.48. The molecule has 0 aliphatic rings. The Balaban J connectivity index is 2.59. The van der Waals surface area contributed by atoms with E-state index >= 15 is 0 Å². The van der Waals surface area contributed by atoms with Crippen molar-refractivity contribution in [1.29, 1.82) is 0 Å². The van der Waals surface area contributed by atoms with E-state index < -0.39 is 0 Å². The largest absolute Gasteiger partial charge is 0.493 e. The molecule has 0 aliphatic carbocycles. The van der Waals surface area contributed by atoms with E-state index in [1.165, 1.54) is 5.56 Å². The van der Waals surface area contributed by atoms with Crippen LogP contribution in [0.15, 0.2) is 36.4 Å². The topological polar surface area (TPSA) is 21.3 Å². The third-order valence-electron chi connectivity index (χ3n) is 2.57. The molecule has 0 saturated heterocycles. The van der Waals surface area contributed by atoms with Gasteiger partial charge in [-0.3, -0.25) is 0 Å². The molecule has 2 heteroatoms. The smallest absolute Gasteiger partial charge is 0.123 e. The highest BCUT2D eigenvalue weighted by molar-refractivity contribution is 5.33. The van der Waals surface area contributed by atoms with E-state index in [0.717, 1.165) is 24.3 Å². The number of hydrogen-bond donors (Lipinski definition) is 1. The van der Waals surface area contributed by atoms with Crippen LogP contribution >= 0.6 is 0 Å². The van der Waals surface area contributed by atoms with Crippen molar-refractivity contribution >= 4 is 0 Å². The van der Waals surface area contributed by atoms with Gasteiger partial charge >= 0.3 is 0 Å². The van der Waals surface area contributed by atoms with Crippen LogP contribution in [0.3, 0.4) is 0 Å². The Kier molecular flexibility index (Phi) is 5.42. The second-order valence-electron chi connectivity index (χ2n) is 5.77.